The highest BCUT2D eigenvalue weighted by molar-refractivity contribution is 5.69. The first kappa shape index (κ1) is 10.6. The Hall–Kier alpha value is -2.56. The fourth-order valence-corrected chi connectivity index (χ4v) is 1.94. The summed E-state index contributed by atoms with van der Waals surface area (Å²) >= 11 is 0. The van der Waals surface area contributed by atoms with Crippen molar-refractivity contribution in [1.29, 1.82) is 0 Å². The maximum atomic E-state index is 5.76. The number of fused-ring (bicyclic) bond motifs is 1. The molecule has 0 aliphatic rings. The smallest absolute Gasteiger partial charge is 0.234 e. The van der Waals surface area contributed by atoms with E-state index >= 15 is 0 Å². The second-order valence-electron chi connectivity index (χ2n) is 3.90. The van der Waals surface area contributed by atoms with E-state index in [0.29, 0.717) is 11.5 Å². The van der Waals surface area contributed by atoms with Gasteiger partial charge in [-0.2, -0.15) is 0 Å². The minimum Gasteiger partial charge on any atom is -0.496 e. The second kappa shape index (κ2) is 4.03. The van der Waals surface area contributed by atoms with Crippen molar-refractivity contribution in [1.82, 2.24) is 14.4 Å². The van der Waals surface area contributed by atoms with Gasteiger partial charge in [0.15, 0.2) is 0 Å². The van der Waals surface area contributed by atoms with Gasteiger partial charge in [0.05, 0.1) is 30.9 Å². The molecule has 0 saturated carbocycles. The third kappa shape index (κ3) is 1.57. The molecule has 0 atom stereocenters. The lowest BCUT2D eigenvalue weighted by molar-refractivity contribution is 0.416. The predicted octanol–water partition coefficient (Wildman–Crippen LogP) is 1.99. The number of ether oxygens (including phenoxy) is 1. The van der Waals surface area contributed by atoms with Gasteiger partial charge in [-0.25, -0.2) is 9.97 Å². The standard InChI is InChI=1S/C13H12N4O/c1-18-12-5-3-2-4-10(12)11-7-16-13-15-6-9(14)8-17(11)13/h2-8H,14H2,1H3. The van der Waals surface area contributed by atoms with E-state index in [1.807, 2.05) is 28.7 Å². The van der Waals surface area contributed by atoms with Crippen molar-refractivity contribution in [3.63, 3.8) is 0 Å². The molecule has 0 radical (unpaired) electrons. The Morgan fingerprint density at radius 3 is 2.78 bits per heavy atom. The van der Waals surface area contributed by atoms with Crippen LogP contribution in [0.2, 0.25) is 0 Å². The van der Waals surface area contributed by atoms with Crippen molar-refractivity contribution >= 4 is 11.5 Å². The number of hydrogen-bond donors (Lipinski definition) is 1. The summed E-state index contributed by atoms with van der Waals surface area (Å²) in [7, 11) is 1.65. The predicted molar refractivity (Wildman–Crippen MR) is 69.4 cm³/mol. The third-order valence-corrected chi connectivity index (χ3v) is 2.77. The number of benzene rings is 1. The molecule has 0 saturated heterocycles. The normalized spacial score (nSPS) is 10.7. The van der Waals surface area contributed by atoms with Gasteiger partial charge in [0.1, 0.15) is 5.75 Å². The molecule has 5 nitrogen and oxygen atoms in total. The average Bonchev–Trinajstić information content (AvgIpc) is 2.81. The average molecular weight is 240 g/mol. The number of para-hydroxylation sites is 1. The van der Waals surface area contributed by atoms with Gasteiger partial charge >= 0.3 is 0 Å². The van der Waals surface area contributed by atoms with Gasteiger partial charge < -0.3 is 10.5 Å². The van der Waals surface area contributed by atoms with Crippen molar-refractivity contribution < 1.29 is 4.74 Å². The molecule has 5 heteroatoms. The first-order chi connectivity index (χ1) is 8.79. The van der Waals surface area contributed by atoms with Crippen molar-refractivity contribution in [3.8, 4) is 17.0 Å². The van der Waals surface area contributed by atoms with Crippen LogP contribution in [0.15, 0.2) is 42.9 Å². The molecule has 0 aliphatic carbocycles. The Kier molecular flexibility index (Phi) is 2.37. The monoisotopic (exact) mass is 240 g/mol. The molecule has 0 unspecified atom stereocenters. The van der Waals surface area contributed by atoms with Crippen LogP contribution in [-0.2, 0) is 0 Å². The van der Waals surface area contributed by atoms with Crippen molar-refractivity contribution in [2.45, 2.75) is 0 Å². The van der Waals surface area contributed by atoms with E-state index in [0.717, 1.165) is 17.0 Å². The number of nitrogens with two attached hydrogens (primary N) is 1. The van der Waals surface area contributed by atoms with E-state index < -0.39 is 0 Å². The summed E-state index contributed by atoms with van der Waals surface area (Å²) in [4.78, 5) is 8.42. The SMILES string of the molecule is COc1ccccc1-c1cnc2ncc(N)cn12. The minimum atomic E-state index is 0.594. The molecule has 0 spiro atoms. The van der Waals surface area contributed by atoms with Crippen molar-refractivity contribution in [3.05, 3.63) is 42.9 Å². The van der Waals surface area contributed by atoms with Gasteiger partial charge in [-0.15, -0.1) is 0 Å². The summed E-state index contributed by atoms with van der Waals surface area (Å²) in [6.07, 6.45) is 5.16. The molecule has 90 valence electrons. The highest BCUT2D eigenvalue weighted by Gasteiger charge is 2.10. The van der Waals surface area contributed by atoms with Gasteiger partial charge in [-0.05, 0) is 12.1 Å². The molecule has 0 bridgehead atoms. The van der Waals surface area contributed by atoms with Crippen LogP contribution in [-0.4, -0.2) is 21.5 Å². The molecule has 3 rings (SSSR count). The summed E-state index contributed by atoms with van der Waals surface area (Å²) < 4.78 is 7.21. The molecule has 18 heavy (non-hydrogen) atoms. The topological polar surface area (TPSA) is 65.4 Å². The molecule has 1 aromatic carbocycles. The zero-order valence-electron chi connectivity index (χ0n) is 9.87. The molecular formula is C13H12N4O. The summed E-state index contributed by atoms with van der Waals surface area (Å²) in [5.74, 6) is 1.41. The van der Waals surface area contributed by atoms with Crippen LogP contribution in [0.4, 0.5) is 5.69 Å². The van der Waals surface area contributed by atoms with Crippen LogP contribution in [0.25, 0.3) is 17.0 Å². The molecule has 2 heterocycles. The third-order valence-electron chi connectivity index (χ3n) is 2.77. The van der Waals surface area contributed by atoms with Crippen LogP contribution < -0.4 is 10.5 Å². The Labute approximate surface area is 104 Å². The molecule has 0 aliphatic heterocycles. The van der Waals surface area contributed by atoms with Crippen LogP contribution in [0.5, 0.6) is 5.75 Å². The molecule has 0 fully saturated rings. The largest absolute Gasteiger partial charge is 0.496 e. The summed E-state index contributed by atoms with van der Waals surface area (Å²) in [6, 6.07) is 7.77. The lowest BCUT2D eigenvalue weighted by Crippen LogP contribution is -1.96. The highest BCUT2D eigenvalue weighted by atomic mass is 16.5. The molecular weight excluding hydrogens is 228 g/mol. The van der Waals surface area contributed by atoms with Gasteiger partial charge in [0, 0.05) is 11.8 Å². The van der Waals surface area contributed by atoms with Crippen molar-refractivity contribution in [2.24, 2.45) is 0 Å². The lowest BCUT2D eigenvalue weighted by atomic mass is 10.1. The summed E-state index contributed by atoms with van der Waals surface area (Å²) in [5, 5.41) is 0. The fourth-order valence-electron chi connectivity index (χ4n) is 1.94. The zero-order valence-corrected chi connectivity index (χ0v) is 9.87. The Balaban J connectivity index is 2.28. The number of imidazole rings is 1. The first-order valence-corrected chi connectivity index (χ1v) is 5.51. The number of anilines is 1. The minimum absolute atomic E-state index is 0.594. The van der Waals surface area contributed by atoms with E-state index in [9.17, 15) is 0 Å². The highest BCUT2D eigenvalue weighted by Crippen LogP contribution is 2.29. The second-order valence-corrected chi connectivity index (χ2v) is 3.90. The van der Waals surface area contributed by atoms with Crippen LogP contribution in [0, 0.1) is 0 Å². The Morgan fingerprint density at radius 2 is 1.94 bits per heavy atom. The molecule has 2 N–H and O–H groups in total. The number of nitrogen functional groups attached to an aromatic ring is 1. The molecule has 2 aromatic heterocycles. The molecule has 3 aromatic rings. The quantitative estimate of drug-likeness (QED) is 0.744. The number of nitrogens with zero attached hydrogens (tertiary/aromatic N) is 3. The van der Waals surface area contributed by atoms with Crippen LogP contribution in [0.1, 0.15) is 0 Å². The first-order valence-electron chi connectivity index (χ1n) is 5.51. The van der Waals surface area contributed by atoms with Crippen molar-refractivity contribution in [2.75, 3.05) is 12.8 Å². The van der Waals surface area contributed by atoms with E-state index in [1.165, 1.54) is 0 Å². The lowest BCUT2D eigenvalue weighted by Gasteiger charge is -2.07. The number of methoxy groups -OCH3 is 1. The van der Waals surface area contributed by atoms with E-state index in [4.69, 9.17) is 10.5 Å². The number of hydrogen-bond acceptors (Lipinski definition) is 4. The zero-order chi connectivity index (χ0) is 12.5. The summed E-state index contributed by atoms with van der Waals surface area (Å²) in [5.41, 5.74) is 8.22. The van der Waals surface area contributed by atoms with Crippen LogP contribution in [0.3, 0.4) is 0 Å². The Morgan fingerprint density at radius 1 is 1.17 bits per heavy atom. The molecule has 0 amide bonds. The maximum Gasteiger partial charge on any atom is 0.234 e. The van der Waals surface area contributed by atoms with E-state index in [2.05, 4.69) is 9.97 Å². The van der Waals surface area contributed by atoms with Gasteiger partial charge in [0.2, 0.25) is 5.78 Å². The van der Waals surface area contributed by atoms with Gasteiger partial charge in [-0.3, -0.25) is 4.40 Å². The maximum absolute atomic E-state index is 5.76. The Bertz CT molecular complexity index is 705. The number of aromatic nitrogens is 3. The summed E-state index contributed by atoms with van der Waals surface area (Å²) in [6.45, 7) is 0. The van der Waals surface area contributed by atoms with Gasteiger partial charge in [-0.1, -0.05) is 12.1 Å². The van der Waals surface area contributed by atoms with E-state index in [1.54, 1.807) is 25.7 Å². The van der Waals surface area contributed by atoms with Gasteiger partial charge in [0.25, 0.3) is 0 Å². The van der Waals surface area contributed by atoms with E-state index in [-0.39, 0.29) is 0 Å². The van der Waals surface area contributed by atoms with Crippen LogP contribution >= 0.6 is 0 Å². The number of rotatable bonds is 2. The fraction of sp³-hybridized carbons (Fsp3) is 0.0769.